The molecular weight excluding hydrogens is 206 g/mol. The molecule has 0 aromatic carbocycles. The Kier molecular flexibility index (Phi) is 4.01. The molecule has 2 N–H and O–H groups in total. The van der Waals surface area contributed by atoms with E-state index in [2.05, 4.69) is 9.74 Å². The highest BCUT2D eigenvalue weighted by Gasteiger charge is 2.27. The van der Waals surface area contributed by atoms with Crippen molar-refractivity contribution in [2.75, 3.05) is 26.2 Å². The number of nitrogens with zero attached hydrogens (tertiary/aromatic N) is 2. The van der Waals surface area contributed by atoms with E-state index >= 15 is 0 Å². The molecule has 0 aromatic rings. The first-order chi connectivity index (χ1) is 7.81. The molecule has 0 unspecified atom stereocenters. The topological polar surface area (TPSA) is 58.8 Å². The number of amides is 1. The number of carbonyl (C=O) groups excluding carboxylic acids is 1. The molecule has 1 amide bonds. The monoisotopic (exact) mass is 227 g/mol. The first-order valence-corrected chi connectivity index (χ1v) is 6.21. The van der Waals surface area contributed by atoms with Crippen LogP contribution >= 0.6 is 0 Å². The lowest BCUT2D eigenvalue weighted by atomic mass is 10.0. The van der Waals surface area contributed by atoms with E-state index in [1.54, 1.807) is 4.90 Å². The predicted octanol–water partition coefficient (Wildman–Crippen LogP) is 0.947. The van der Waals surface area contributed by atoms with E-state index in [0.717, 1.165) is 25.9 Å². The molecule has 2 rings (SSSR count). The predicted molar refractivity (Wildman–Crippen MR) is 60.7 cm³/mol. The summed E-state index contributed by atoms with van der Waals surface area (Å²) in [5.74, 6) is 4.88. The fraction of sp³-hybridized carbons (Fsp3) is 0.909. The molecule has 0 saturated carbocycles. The van der Waals surface area contributed by atoms with Gasteiger partial charge in [-0.3, -0.25) is 0 Å². The number of hydrogen-bond acceptors (Lipinski definition) is 4. The number of nitrogens with two attached hydrogens (primary N) is 1. The second kappa shape index (κ2) is 5.50. The molecule has 0 aromatic heterocycles. The Morgan fingerprint density at radius 3 is 2.25 bits per heavy atom. The summed E-state index contributed by atoms with van der Waals surface area (Å²) in [6.07, 6.45) is 5.73. The van der Waals surface area contributed by atoms with E-state index in [4.69, 9.17) is 5.90 Å². The normalized spacial score (nSPS) is 24.4. The molecular formula is C11H21N3O2. The number of hydrogen-bond donors (Lipinski definition) is 1. The van der Waals surface area contributed by atoms with Crippen molar-refractivity contribution in [3.63, 3.8) is 0 Å². The molecule has 16 heavy (non-hydrogen) atoms. The minimum absolute atomic E-state index is 0.392. The third-order valence-electron chi connectivity index (χ3n) is 3.73. The summed E-state index contributed by atoms with van der Waals surface area (Å²) in [7, 11) is 0. The van der Waals surface area contributed by atoms with Crippen molar-refractivity contribution >= 4 is 6.09 Å². The highest BCUT2D eigenvalue weighted by atomic mass is 16.7. The van der Waals surface area contributed by atoms with E-state index in [1.165, 1.54) is 32.4 Å². The van der Waals surface area contributed by atoms with Gasteiger partial charge in [0.1, 0.15) is 0 Å². The molecule has 0 aliphatic carbocycles. The molecule has 5 nitrogen and oxygen atoms in total. The lowest BCUT2D eigenvalue weighted by Crippen LogP contribution is -2.48. The van der Waals surface area contributed by atoms with Gasteiger partial charge in [0.15, 0.2) is 0 Å². The second-order valence-corrected chi connectivity index (χ2v) is 4.70. The van der Waals surface area contributed by atoms with Crippen LogP contribution in [0.1, 0.15) is 32.1 Å². The van der Waals surface area contributed by atoms with Crippen LogP contribution in [0.3, 0.4) is 0 Å². The first-order valence-electron chi connectivity index (χ1n) is 6.21. The fourth-order valence-corrected chi connectivity index (χ4v) is 2.77. The average molecular weight is 227 g/mol. The van der Waals surface area contributed by atoms with Gasteiger partial charge >= 0.3 is 6.09 Å². The maximum absolute atomic E-state index is 11.2. The summed E-state index contributed by atoms with van der Waals surface area (Å²) in [4.78, 5) is 19.7. The molecule has 0 bridgehead atoms. The van der Waals surface area contributed by atoms with Crippen LogP contribution in [0, 0.1) is 0 Å². The van der Waals surface area contributed by atoms with Gasteiger partial charge in [0, 0.05) is 19.1 Å². The molecule has 2 saturated heterocycles. The molecule has 0 spiro atoms. The standard InChI is InChI=1S/C11H21N3O2/c12-16-11(15)14-8-4-10(5-9-14)13-6-2-1-3-7-13/h10H,1-9,12H2. The van der Waals surface area contributed by atoms with Gasteiger partial charge in [0.2, 0.25) is 0 Å². The van der Waals surface area contributed by atoms with Crippen LogP contribution in [0.25, 0.3) is 0 Å². The van der Waals surface area contributed by atoms with Crippen LogP contribution in [-0.4, -0.2) is 48.1 Å². The van der Waals surface area contributed by atoms with Crippen LogP contribution in [0.15, 0.2) is 0 Å². The van der Waals surface area contributed by atoms with Gasteiger partial charge in [0.25, 0.3) is 0 Å². The van der Waals surface area contributed by atoms with Gasteiger partial charge in [-0.05, 0) is 38.8 Å². The second-order valence-electron chi connectivity index (χ2n) is 4.70. The molecule has 5 heteroatoms. The Bertz CT molecular complexity index is 233. The quantitative estimate of drug-likeness (QED) is 0.677. The van der Waals surface area contributed by atoms with Gasteiger partial charge in [-0.1, -0.05) is 6.42 Å². The van der Waals surface area contributed by atoms with Gasteiger partial charge in [-0.2, -0.15) is 5.90 Å². The summed E-state index contributed by atoms with van der Waals surface area (Å²) < 4.78 is 0. The van der Waals surface area contributed by atoms with E-state index in [1.807, 2.05) is 0 Å². The maximum Gasteiger partial charge on any atom is 0.428 e. The molecule has 2 aliphatic heterocycles. The molecule has 2 fully saturated rings. The summed E-state index contributed by atoms with van der Waals surface area (Å²) >= 11 is 0. The van der Waals surface area contributed by atoms with Gasteiger partial charge in [-0.25, -0.2) is 4.79 Å². The summed E-state index contributed by atoms with van der Waals surface area (Å²) in [6.45, 7) is 4.01. The Morgan fingerprint density at radius 2 is 1.69 bits per heavy atom. The lowest BCUT2D eigenvalue weighted by Gasteiger charge is -2.39. The number of piperidine rings is 2. The smallest absolute Gasteiger partial charge is 0.357 e. The summed E-state index contributed by atoms with van der Waals surface area (Å²) in [5.41, 5.74) is 0. The van der Waals surface area contributed by atoms with Crippen LogP contribution in [0.4, 0.5) is 4.79 Å². The van der Waals surface area contributed by atoms with Gasteiger partial charge in [0.05, 0.1) is 0 Å². The summed E-state index contributed by atoms with van der Waals surface area (Å²) in [6, 6.07) is 0.655. The molecule has 0 radical (unpaired) electrons. The third-order valence-corrected chi connectivity index (χ3v) is 3.73. The van der Waals surface area contributed by atoms with E-state index in [-0.39, 0.29) is 0 Å². The summed E-state index contributed by atoms with van der Waals surface area (Å²) in [5, 5.41) is 0. The highest BCUT2D eigenvalue weighted by molar-refractivity contribution is 5.67. The first kappa shape index (κ1) is 11.7. The highest BCUT2D eigenvalue weighted by Crippen LogP contribution is 2.20. The molecule has 92 valence electrons. The maximum atomic E-state index is 11.2. The Hall–Kier alpha value is -0.810. The van der Waals surface area contributed by atoms with Crippen molar-refractivity contribution in [3.05, 3.63) is 0 Å². The molecule has 0 atom stereocenters. The largest absolute Gasteiger partial charge is 0.428 e. The van der Waals surface area contributed by atoms with Crippen molar-refractivity contribution in [1.82, 2.24) is 9.80 Å². The van der Waals surface area contributed by atoms with Crippen molar-refractivity contribution < 1.29 is 9.63 Å². The third kappa shape index (κ3) is 2.65. The van der Waals surface area contributed by atoms with Crippen LogP contribution in [0.2, 0.25) is 0 Å². The van der Waals surface area contributed by atoms with E-state index in [0.29, 0.717) is 6.04 Å². The van der Waals surface area contributed by atoms with Crippen LogP contribution in [0.5, 0.6) is 0 Å². The van der Waals surface area contributed by atoms with Crippen molar-refractivity contribution in [1.29, 1.82) is 0 Å². The minimum Gasteiger partial charge on any atom is -0.357 e. The SMILES string of the molecule is NOC(=O)N1CCC(N2CCCCC2)CC1. The minimum atomic E-state index is -0.392. The van der Waals surface area contributed by atoms with Crippen molar-refractivity contribution in [2.24, 2.45) is 5.90 Å². The molecule has 2 aliphatic rings. The van der Waals surface area contributed by atoms with E-state index in [9.17, 15) is 4.79 Å². The average Bonchev–Trinajstić information content (AvgIpc) is 2.39. The van der Waals surface area contributed by atoms with Crippen molar-refractivity contribution in [2.45, 2.75) is 38.1 Å². The number of rotatable bonds is 1. The number of carbonyl (C=O) groups is 1. The zero-order valence-corrected chi connectivity index (χ0v) is 9.73. The van der Waals surface area contributed by atoms with E-state index < -0.39 is 6.09 Å². The molecule has 2 heterocycles. The van der Waals surface area contributed by atoms with Crippen molar-refractivity contribution in [3.8, 4) is 0 Å². The zero-order chi connectivity index (χ0) is 11.4. The Labute approximate surface area is 96.5 Å². The lowest BCUT2D eigenvalue weighted by molar-refractivity contribution is 0.0662. The Balaban J connectivity index is 1.78. The zero-order valence-electron chi connectivity index (χ0n) is 9.73. The number of likely N-dealkylation sites (tertiary alicyclic amines) is 2. The van der Waals surface area contributed by atoms with Gasteiger partial charge in [-0.15, -0.1) is 0 Å². The van der Waals surface area contributed by atoms with Crippen LogP contribution in [-0.2, 0) is 4.84 Å². The van der Waals surface area contributed by atoms with Gasteiger partial charge < -0.3 is 14.6 Å². The Morgan fingerprint density at radius 1 is 1.06 bits per heavy atom. The van der Waals surface area contributed by atoms with Crippen LogP contribution < -0.4 is 5.90 Å². The fourth-order valence-electron chi connectivity index (χ4n) is 2.77.